The molecule has 0 spiro atoms. The minimum atomic E-state index is -0.326. The van der Waals surface area contributed by atoms with Crippen LogP contribution in [0.2, 0.25) is 0 Å². The monoisotopic (exact) mass is 590 g/mol. The Morgan fingerprint density at radius 1 is 0.884 bits per heavy atom. The summed E-state index contributed by atoms with van der Waals surface area (Å²) >= 11 is 0. The molecule has 43 heavy (non-hydrogen) atoms. The van der Waals surface area contributed by atoms with Gasteiger partial charge in [-0.3, -0.25) is 0 Å². The van der Waals surface area contributed by atoms with Crippen LogP contribution < -0.4 is 9.47 Å². The number of rotatable bonds is 16. The van der Waals surface area contributed by atoms with Gasteiger partial charge in [-0.15, -0.1) is 0 Å². The highest BCUT2D eigenvalue weighted by Gasteiger charge is 2.34. The molecule has 1 aliphatic rings. The van der Waals surface area contributed by atoms with Crippen molar-refractivity contribution in [3.8, 4) is 11.5 Å². The number of hydrogen-bond acceptors (Lipinski definition) is 4. The van der Waals surface area contributed by atoms with Gasteiger partial charge < -0.3 is 14.2 Å². The van der Waals surface area contributed by atoms with E-state index >= 15 is 0 Å². The third-order valence-corrected chi connectivity index (χ3v) is 9.59. The number of esters is 1. The van der Waals surface area contributed by atoms with Crippen molar-refractivity contribution in [2.75, 3.05) is 14.2 Å². The number of carbonyl (C=O) groups excluding carboxylic acids is 1. The third-order valence-electron chi connectivity index (χ3n) is 9.59. The lowest BCUT2D eigenvalue weighted by molar-refractivity contribution is 0.0513. The van der Waals surface area contributed by atoms with Crippen LogP contribution in [0.1, 0.15) is 137 Å². The molecule has 1 heterocycles. The first kappa shape index (κ1) is 34.7. The van der Waals surface area contributed by atoms with Crippen LogP contribution >= 0.6 is 0 Å². The fraction of sp³-hybridized carbons (Fsp3) is 0.615. The van der Waals surface area contributed by atoms with Gasteiger partial charge in [0.15, 0.2) is 0 Å². The molecular formula is C39H58O4. The number of ether oxygens (including phenoxy) is 3. The Kier molecular flexibility index (Phi) is 13.2. The number of benzene rings is 2. The molecule has 0 saturated heterocycles. The Hall–Kier alpha value is -2.75. The van der Waals surface area contributed by atoms with Crippen LogP contribution in [-0.4, -0.2) is 25.8 Å². The lowest BCUT2D eigenvalue weighted by atomic mass is 9.83. The van der Waals surface area contributed by atoms with Gasteiger partial charge in [-0.05, 0) is 93.0 Å². The van der Waals surface area contributed by atoms with Crippen molar-refractivity contribution in [1.82, 2.24) is 0 Å². The molecule has 0 radical (unpaired) electrons. The smallest absolute Gasteiger partial charge is 0.337 e. The minimum Gasteiger partial charge on any atom is -0.496 e. The Morgan fingerprint density at radius 2 is 1.49 bits per heavy atom. The molecular weight excluding hydrogens is 532 g/mol. The van der Waals surface area contributed by atoms with Crippen molar-refractivity contribution >= 4 is 18.1 Å². The van der Waals surface area contributed by atoms with E-state index in [2.05, 4.69) is 60.6 Å². The molecule has 1 aliphatic heterocycles. The molecule has 238 valence electrons. The molecule has 0 bridgehead atoms. The maximum Gasteiger partial charge on any atom is 0.337 e. The zero-order valence-electron chi connectivity index (χ0n) is 28.6. The predicted molar refractivity (Wildman–Crippen MR) is 181 cm³/mol. The van der Waals surface area contributed by atoms with Crippen molar-refractivity contribution in [3.63, 3.8) is 0 Å². The van der Waals surface area contributed by atoms with Crippen molar-refractivity contribution in [3.05, 3.63) is 57.6 Å². The third kappa shape index (κ3) is 9.88. The summed E-state index contributed by atoms with van der Waals surface area (Å²) in [6, 6.07) is 7.46. The zero-order chi connectivity index (χ0) is 31.6. The van der Waals surface area contributed by atoms with Crippen molar-refractivity contribution in [2.45, 2.75) is 125 Å². The summed E-state index contributed by atoms with van der Waals surface area (Å²) < 4.78 is 17.6. The summed E-state index contributed by atoms with van der Waals surface area (Å²) in [6.45, 7) is 16.1. The Morgan fingerprint density at radius 3 is 2.07 bits per heavy atom. The highest BCUT2D eigenvalue weighted by atomic mass is 16.5. The topological polar surface area (TPSA) is 44.8 Å². The quantitative estimate of drug-likeness (QED) is 0.144. The van der Waals surface area contributed by atoms with Crippen molar-refractivity contribution in [1.29, 1.82) is 0 Å². The van der Waals surface area contributed by atoms with Gasteiger partial charge in [-0.25, -0.2) is 4.79 Å². The molecule has 2 aromatic rings. The summed E-state index contributed by atoms with van der Waals surface area (Å²) in [6.07, 6.45) is 18.0. The average molecular weight is 591 g/mol. The molecule has 0 aliphatic carbocycles. The van der Waals surface area contributed by atoms with Gasteiger partial charge in [0.05, 0.1) is 19.8 Å². The van der Waals surface area contributed by atoms with Crippen molar-refractivity contribution in [2.24, 2.45) is 17.8 Å². The lowest BCUT2D eigenvalue weighted by Crippen LogP contribution is -2.37. The van der Waals surface area contributed by atoms with E-state index in [0.29, 0.717) is 5.56 Å². The van der Waals surface area contributed by atoms with Gasteiger partial charge in [-0.1, -0.05) is 96.9 Å². The molecule has 4 nitrogen and oxygen atoms in total. The fourth-order valence-corrected chi connectivity index (χ4v) is 6.55. The Labute approximate surface area is 262 Å². The van der Waals surface area contributed by atoms with E-state index in [9.17, 15) is 4.79 Å². The van der Waals surface area contributed by atoms with E-state index in [1.807, 2.05) is 12.1 Å². The minimum absolute atomic E-state index is 0.145. The number of hydrogen-bond donors (Lipinski definition) is 0. The first-order valence-corrected chi connectivity index (χ1v) is 16.7. The summed E-state index contributed by atoms with van der Waals surface area (Å²) in [5.41, 5.74) is 6.03. The maximum absolute atomic E-state index is 11.8. The van der Waals surface area contributed by atoms with Gasteiger partial charge in [0.25, 0.3) is 0 Å². The lowest BCUT2D eigenvalue weighted by Gasteiger charge is -2.38. The number of methoxy groups -OCH3 is 2. The second-order valence-corrected chi connectivity index (χ2v) is 13.9. The van der Waals surface area contributed by atoms with E-state index in [1.165, 1.54) is 69.6 Å². The van der Waals surface area contributed by atoms with Crippen LogP contribution in [0.15, 0.2) is 24.3 Å². The fourth-order valence-electron chi connectivity index (χ4n) is 6.55. The van der Waals surface area contributed by atoms with E-state index in [1.54, 1.807) is 19.2 Å². The average Bonchev–Trinajstić information content (AvgIpc) is 2.98. The zero-order valence-corrected chi connectivity index (χ0v) is 28.6. The van der Waals surface area contributed by atoms with E-state index in [4.69, 9.17) is 14.2 Å². The van der Waals surface area contributed by atoms with Crippen LogP contribution in [0.25, 0.3) is 12.2 Å². The molecule has 3 atom stereocenters. The molecule has 3 rings (SSSR count). The van der Waals surface area contributed by atoms with Gasteiger partial charge in [0, 0.05) is 11.1 Å². The Bertz CT molecular complexity index is 1210. The number of fused-ring (bicyclic) bond motifs is 1. The molecule has 0 saturated carbocycles. The molecule has 0 N–H and O–H groups in total. The molecule has 4 heteroatoms. The van der Waals surface area contributed by atoms with E-state index < -0.39 is 0 Å². The molecule has 0 aromatic heterocycles. The molecule has 2 aromatic carbocycles. The summed E-state index contributed by atoms with van der Waals surface area (Å²) in [5, 5.41) is 0. The predicted octanol–water partition coefficient (Wildman–Crippen LogP) is 10.8. The summed E-state index contributed by atoms with van der Waals surface area (Å²) in [5.74, 6) is 4.08. The van der Waals surface area contributed by atoms with Gasteiger partial charge in [0.2, 0.25) is 0 Å². The van der Waals surface area contributed by atoms with Crippen molar-refractivity contribution < 1.29 is 19.0 Å². The van der Waals surface area contributed by atoms with Crippen LogP contribution in [0.3, 0.4) is 0 Å². The van der Waals surface area contributed by atoms with Gasteiger partial charge in [0.1, 0.15) is 17.1 Å². The molecule has 3 unspecified atom stereocenters. The van der Waals surface area contributed by atoms with Crippen LogP contribution in [0, 0.1) is 31.6 Å². The largest absolute Gasteiger partial charge is 0.496 e. The highest BCUT2D eigenvalue weighted by molar-refractivity contribution is 5.89. The van der Waals surface area contributed by atoms with Gasteiger partial charge >= 0.3 is 5.97 Å². The highest BCUT2D eigenvalue weighted by Crippen LogP contribution is 2.46. The summed E-state index contributed by atoms with van der Waals surface area (Å²) in [7, 11) is 3.15. The van der Waals surface area contributed by atoms with E-state index in [-0.39, 0.29) is 11.6 Å². The molecule has 0 amide bonds. The van der Waals surface area contributed by atoms with Crippen LogP contribution in [0.5, 0.6) is 11.5 Å². The Balaban J connectivity index is 1.61. The first-order chi connectivity index (χ1) is 20.5. The maximum atomic E-state index is 11.8. The standard InChI is InChI=1S/C39H58O4/c1-27(2)13-10-14-28(3)15-11-16-29(4)17-12-25-39(7)26-24-35-34(36(41-8)30(5)31(6)37(35)43-39)23-20-32-18-21-33(22-19-32)38(40)42-9/h18-23,27-29H,10-17,24-26H2,1-9H3/b23-20+. The summed E-state index contributed by atoms with van der Waals surface area (Å²) in [4.78, 5) is 11.8. The van der Waals surface area contributed by atoms with E-state index in [0.717, 1.165) is 65.2 Å². The SMILES string of the molecule is COC(=O)c1ccc(/C=C/c2c3c(c(C)c(C)c2OC)OC(C)(CCCC(C)CCCC(C)CCCC(C)C)CC3)cc1. The first-order valence-electron chi connectivity index (χ1n) is 16.7. The second kappa shape index (κ2) is 16.4. The van der Waals surface area contributed by atoms with Crippen LogP contribution in [0.4, 0.5) is 0 Å². The molecule has 0 fully saturated rings. The van der Waals surface area contributed by atoms with Gasteiger partial charge in [-0.2, -0.15) is 0 Å². The van der Waals surface area contributed by atoms with Crippen LogP contribution in [-0.2, 0) is 11.2 Å². The number of carbonyl (C=O) groups is 1. The normalized spacial score (nSPS) is 17.9. The second-order valence-electron chi connectivity index (χ2n) is 13.9.